The van der Waals surface area contributed by atoms with Gasteiger partial charge in [0.1, 0.15) is 11.6 Å². The molecule has 1 rings (SSSR count). The van der Waals surface area contributed by atoms with Crippen LogP contribution in [0.15, 0.2) is 11.2 Å². The van der Waals surface area contributed by atoms with Gasteiger partial charge in [0.2, 0.25) is 0 Å². The van der Waals surface area contributed by atoms with Gasteiger partial charge in [-0.15, -0.1) is 0 Å². The molecule has 0 saturated carbocycles. The lowest BCUT2D eigenvalue weighted by Gasteiger charge is -2.12. The number of aromatic nitrogens is 2. The Morgan fingerprint density at radius 1 is 1.47 bits per heavy atom. The molecule has 5 N–H and O–H groups in total. The van der Waals surface area contributed by atoms with Gasteiger partial charge in [-0.1, -0.05) is 18.7 Å². The highest BCUT2D eigenvalue weighted by Gasteiger charge is 2.05. The maximum Gasteiger partial charge on any atom is 0.191 e. The predicted octanol–water partition coefficient (Wildman–Crippen LogP) is 0.914. The summed E-state index contributed by atoms with van der Waals surface area (Å²) in [5.41, 5.74) is 2.51. The average Bonchev–Trinajstić information content (AvgIpc) is 2.36. The second-order valence-electron chi connectivity index (χ2n) is 3.77. The van der Waals surface area contributed by atoms with Crippen molar-refractivity contribution in [2.24, 2.45) is 11.8 Å². The molecule has 17 heavy (non-hydrogen) atoms. The second kappa shape index (κ2) is 7.31. The number of aliphatic hydroxyl groups excluding tert-OH is 1. The molecule has 0 bridgehead atoms. The smallest absolute Gasteiger partial charge is 0.191 e. The highest BCUT2D eigenvalue weighted by atomic mass is 32.2. The van der Waals surface area contributed by atoms with Crippen LogP contribution in [0.1, 0.15) is 13.3 Å². The standard InChI is InChI=1S/C10H19N5OS/c1-7(3-4-16)6-12-8-5-9(15-11)14-10(13-8)17-2/h5,7,16H,3-4,6,11H2,1-2H3,(H2,12,13,14,15). The molecule has 0 radical (unpaired) electrons. The van der Waals surface area contributed by atoms with Crippen LogP contribution in [0.4, 0.5) is 11.6 Å². The normalized spacial score (nSPS) is 12.2. The molecule has 1 aromatic heterocycles. The summed E-state index contributed by atoms with van der Waals surface area (Å²) < 4.78 is 0. The highest BCUT2D eigenvalue weighted by molar-refractivity contribution is 7.98. The van der Waals surface area contributed by atoms with Crippen LogP contribution < -0.4 is 16.6 Å². The first-order chi connectivity index (χ1) is 8.19. The van der Waals surface area contributed by atoms with Crippen LogP contribution in [0, 0.1) is 5.92 Å². The molecule has 0 aromatic carbocycles. The molecule has 0 aliphatic carbocycles. The lowest BCUT2D eigenvalue weighted by atomic mass is 10.1. The molecule has 6 nitrogen and oxygen atoms in total. The zero-order valence-corrected chi connectivity index (χ0v) is 10.9. The number of rotatable bonds is 7. The Morgan fingerprint density at radius 3 is 2.76 bits per heavy atom. The topological polar surface area (TPSA) is 96.1 Å². The number of hydrogen-bond acceptors (Lipinski definition) is 7. The van der Waals surface area contributed by atoms with Crippen LogP contribution in [0.25, 0.3) is 0 Å². The Hall–Kier alpha value is -1.05. The fourth-order valence-electron chi connectivity index (χ4n) is 1.28. The van der Waals surface area contributed by atoms with Crippen molar-refractivity contribution in [1.29, 1.82) is 0 Å². The first kappa shape index (κ1) is 14.0. The minimum absolute atomic E-state index is 0.207. The molecule has 0 fully saturated rings. The number of nitrogens with one attached hydrogen (secondary N) is 2. The quantitative estimate of drug-likeness (QED) is 0.249. The lowest BCUT2D eigenvalue weighted by molar-refractivity contribution is 0.266. The zero-order chi connectivity index (χ0) is 12.7. The van der Waals surface area contributed by atoms with Gasteiger partial charge < -0.3 is 15.8 Å². The summed E-state index contributed by atoms with van der Waals surface area (Å²) in [4.78, 5) is 8.48. The summed E-state index contributed by atoms with van der Waals surface area (Å²) in [5.74, 6) is 7.05. The third-order valence-corrected chi connectivity index (χ3v) is 2.84. The van der Waals surface area contributed by atoms with Crippen LogP contribution in [-0.2, 0) is 0 Å². The summed E-state index contributed by atoms with van der Waals surface area (Å²) in [5, 5.41) is 12.7. The van der Waals surface area contributed by atoms with Crippen molar-refractivity contribution in [2.75, 3.05) is 30.1 Å². The molecule has 1 aromatic rings. The SMILES string of the molecule is CSc1nc(NN)cc(NCC(C)CCO)n1. The van der Waals surface area contributed by atoms with Gasteiger partial charge in [-0.25, -0.2) is 15.8 Å². The van der Waals surface area contributed by atoms with Crippen molar-refractivity contribution >= 4 is 23.4 Å². The third kappa shape index (κ3) is 4.76. The van der Waals surface area contributed by atoms with Crippen molar-refractivity contribution in [1.82, 2.24) is 9.97 Å². The Bertz CT molecular complexity index is 327. The van der Waals surface area contributed by atoms with Crippen molar-refractivity contribution in [2.45, 2.75) is 18.5 Å². The number of hydrazine groups is 1. The number of nitrogen functional groups attached to an aromatic ring is 1. The number of aliphatic hydroxyl groups is 1. The maximum absolute atomic E-state index is 8.81. The van der Waals surface area contributed by atoms with E-state index in [0.29, 0.717) is 16.9 Å². The molecule has 0 saturated heterocycles. The van der Waals surface area contributed by atoms with Crippen LogP contribution in [-0.4, -0.2) is 34.5 Å². The van der Waals surface area contributed by atoms with Crippen LogP contribution in [0.3, 0.4) is 0 Å². The molecule has 0 aliphatic heterocycles. The second-order valence-corrected chi connectivity index (χ2v) is 4.54. The van der Waals surface area contributed by atoms with E-state index < -0.39 is 0 Å². The molecule has 7 heteroatoms. The van der Waals surface area contributed by atoms with Crippen molar-refractivity contribution < 1.29 is 5.11 Å². The molecule has 1 unspecified atom stereocenters. The summed E-state index contributed by atoms with van der Waals surface area (Å²) in [7, 11) is 0. The first-order valence-electron chi connectivity index (χ1n) is 5.44. The fourth-order valence-corrected chi connectivity index (χ4v) is 1.66. The third-order valence-electron chi connectivity index (χ3n) is 2.29. The van der Waals surface area contributed by atoms with Crippen LogP contribution in [0.5, 0.6) is 0 Å². The number of thioether (sulfide) groups is 1. The van der Waals surface area contributed by atoms with E-state index in [1.165, 1.54) is 11.8 Å². The molecule has 0 spiro atoms. The van der Waals surface area contributed by atoms with Gasteiger partial charge >= 0.3 is 0 Å². The summed E-state index contributed by atoms with van der Waals surface area (Å²) in [6, 6.07) is 1.76. The molecule has 96 valence electrons. The molecule has 0 aliphatic rings. The number of nitrogens with zero attached hydrogens (tertiary/aromatic N) is 2. The summed E-state index contributed by atoms with van der Waals surface area (Å²) in [6.07, 6.45) is 2.68. The van der Waals surface area contributed by atoms with E-state index >= 15 is 0 Å². The Labute approximate surface area is 105 Å². The van der Waals surface area contributed by atoms with Gasteiger partial charge in [-0.2, -0.15) is 0 Å². The van der Waals surface area contributed by atoms with Gasteiger partial charge in [0.05, 0.1) is 0 Å². The lowest BCUT2D eigenvalue weighted by Crippen LogP contribution is -2.15. The molecule has 0 amide bonds. The average molecular weight is 257 g/mol. The molecular weight excluding hydrogens is 238 g/mol. The van der Waals surface area contributed by atoms with E-state index in [0.717, 1.165) is 18.8 Å². The molecule has 1 heterocycles. The van der Waals surface area contributed by atoms with Gasteiger partial charge in [-0.05, 0) is 18.6 Å². The number of anilines is 2. The van der Waals surface area contributed by atoms with E-state index in [1.54, 1.807) is 6.07 Å². The molecule has 1 atom stereocenters. The van der Waals surface area contributed by atoms with Gasteiger partial charge in [0, 0.05) is 19.2 Å². The summed E-state index contributed by atoms with van der Waals surface area (Å²) in [6.45, 7) is 3.04. The minimum Gasteiger partial charge on any atom is -0.396 e. The van der Waals surface area contributed by atoms with Gasteiger partial charge in [0.15, 0.2) is 5.16 Å². The van der Waals surface area contributed by atoms with E-state index in [4.69, 9.17) is 10.9 Å². The minimum atomic E-state index is 0.207. The monoisotopic (exact) mass is 257 g/mol. The van der Waals surface area contributed by atoms with Crippen molar-refractivity contribution in [3.05, 3.63) is 6.07 Å². The van der Waals surface area contributed by atoms with Crippen LogP contribution in [0.2, 0.25) is 0 Å². The maximum atomic E-state index is 8.81. The fraction of sp³-hybridized carbons (Fsp3) is 0.600. The Morgan fingerprint density at radius 2 is 2.18 bits per heavy atom. The Balaban J connectivity index is 2.63. The van der Waals surface area contributed by atoms with E-state index in [-0.39, 0.29) is 6.61 Å². The number of hydrogen-bond donors (Lipinski definition) is 4. The van der Waals surface area contributed by atoms with Gasteiger partial charge in [-0.3, -0.25) is 0 Å². The highest BCUT2D eigenvalue weighted by Crippen LogP contribution is 2.17. The van der Waals surface area contributed by atoms with Crippen LogP contribution >= 0.6 is 11.8 Å². The zero-order valence-electron chi connectivity index (χ0n) is 10.1. The Kier molecular flexibility index (Phi) is 6.03. The van der Waals surface area contributed by atoms with E-state index in [1.807, 2.05) is 6.26 Å². The first-order valence-corrected chi connectivity index (χ1v) is 6.66. The number of nitrogens with two attached hydrogens (primary N) is 1. The molecular formula is C10H19N5OS. The predicted molar refractivity (Wildman–Crippen MR) is 71.0 cm³/mol. The summed E-state index contributed by atoms with van der Waals surface area (Å²) >= 11 is 1.46. The van der Waals surface area contributed by atoms with Crippen molar-refractivity contribution in [3.8, 4) is 0 Å². The largest absolute Gasteiger partial charge is 0.396 e. The van der Waals surface area contributed by atoms with E-state index in [9.17, 15) is 0 Å². The van der Waals surface area contributed by atoms with E-state index in [2.05, 4.69) is 27.6 Å². The van der Waals surface area contributed by atoms with Gasteiger partial charge in [0.25, 0.3) is 0 Å². The van der Waals surface area contributed by atoms with Crippen molar-refractivity contribution in [3.63, 3.8) is 0 Å².